The Morgan fingerprint density at radius 1 is 1.12 bits per heavy atom. The summed E-state index contributed by atoms with van der Waals surface area (Å²) in [4.78, 5) is 26.0. The molecule has 5 nitrogen and oxygen atoms in total. The Labute approximate surface area is 154 Å². The number of aromatic nitrogens is 3. The van der Waals surface area contributed by atoms with E-state index < -0.39 is 0 Å². The molecular weight excluding hydrogens is 344 g/mol. The maximum Gasteiger partial charge on any atom is 0.252 e. The van der Waals surface area contributed by atoms with Crippen molar-refractivity contribution in [3.8, 4) is 11.3 Å². The van der Waals surface area contributed by atoms with Crippen LogP contribution in [0.25, 0.3) is 22.2 Å². The Morgan fingerprint density at radius 3 is 2.69 bits per heavy atom. The van der Waals surface area contributed by atoms with Gasteiger partial charge in [-0.1, -0.05) is 18.2 Å². The molecule has 6 heteroatoms. The fourth-order valence-corrected chi connectivity index (χ4v) is 3.46. The first-order valence-electron chi connectivity index (χ1n) is 8.23. The van der Waals surface area contributed by atoms with Crippen molar-refractivity contribution in [1.29, 1.82) is 0 Å². The first-order valence-corrected chi connectivity index (χ1v) is 9.11. The highest BCUT2D eigenvalue weighted by molar-refractivity contribution is 7.09. The van der Waals surface area contributed by atoms with Crippen LogP contribution in [0.5, 0.6) is 0 Å². The smallest absolute Gasteiger partial charge is 0.252 e. The van der Waals surface area contributed by atoms with Crippen LogP contribution in [0, 0.1) is 0 Å². The van der Waals surface area contributed by atoms with Crippen LogP contribution in [0.2, 0.25) is 0 Å². The standard InChI is InChI=1S/C20H16N4OS/c1-13(20-22-10-11-26-20)23-19(25)16-12-18(14-6-8-21-9-7-14)24-17-5-3-2-4-15(16)17/h2-13H,1H3,(H,23,25)/t13-/m0/s1. The second-order valence-corrected chi connectivity index (χ2v) is 6.80. The van der Waals surface area contributed by atoms with Crippen molar-refractivity contribution in [2.24, 2.45) is 0 Å². The van der Waals surface area contributed by atoms with Crippen molar-refractivity contribution in [2.75, 3.05) is 0 Å². The molecule has 0 saturated heterocycles. The molecule has 0 aliphatic heterocycles. The van der Waals surface area contributed by atoms with E-state index in [1.54, 1.807) is 18.6 Å². The summed E-state index contributed by atoms with van der Waals surface area (Å²) >= 11 is 1.53. The molecule has 0 bridgehead atoms. The van der Waals surface area contributed by atoms with Gasteiger partial charge in [0.2, 0.25) is 0 Å². The second kappa shape index (κ2) is 7.01. The van der Waals surface area contributed by atoms with Crippen LogP contribution in [0.1, 0.15) is 28.3 Å². The van der Waals surface area contributed by atoms with E-state index >= 15 is 0 Å². The summed E-state index contributed by atoms with van der Waals surface area (Å²) in [6.45, 7) is 1.93. The molecule has 26 heavy (non-hydrogen) atoms. The number of carbonyl (C=O) groups is 1. The Hall–Kier alpha value is -3.12. The van der Waals surface area contributed by atoms with Gasteiger partial charge in [-0.25, -0.2) is 9.97 Å². The summed E-state index contributed by atoms with van der Waals surface area (Å²) in [5, 5.41) is 6.65. The SMILES string of the molecule is C[C@H](NC(=O)c1cc(-c2ccncc2)nc2ccccc12)c1nccs1. The summed E-state index contributed by atoms with van der Waals surface area (Å²) in [5.74, 6) is -0.137. The van der Waals surface area contributed by atoms with Gasteiger partial charge in [0.15, 0.2) is 0 Å². The van der Waals surface area contributed by atoms with Crippen molar-refractivity contribution < 1.29 is 4.79 Å². The molecule has 4 rings (SSSR count). The van der Waals surface area contributed by atoms with Gasteiger partial charge in [0.05, 0.1) is 22.8 Å². The molecule has 1 N–H and O–H groups in total. The number of amides is 1. The fourth-order valence-electron chi connectivity index (χ4n) is 2.82. The molecule has 0 saturated carbocycles. The Morgan fingerprint density at radius 2 is 1.92 bits per heavy atom. The van der Waals surface area contributed by atoms with Crippen LogP contribution in [0.4, 0.5) is 0 Å². The van der Waals surface area contributed by atoms with Crippen molar-refractivity contribution >= 4 is 28.1 Å². The van der Waals surface area contributed by atoms with Gasteiger partial charge in [0.25, 0.3) is 5.91 Å². The van der Waals surface area contributed by atoms with Crippen molar-refractivity contribution in [2.45, 2.75) is 13.0 Å². The van der Waals surface area contributed by atoms with Gasteiger partial charge in [-0.05, 0) is 31.2 Å². The Balaban J connectivity index is 1.76. The minimum absolute atomic E-state index is 0.137. The molecule has 3 aromatic heterocycles. The number of benzene rings is 1. The van der Waals surface area contributed by atoms with Gasteiger partial charge >= 0.3 is 0 Å². The molecule has 0 fully saturated rings. The zero-order valence-corrected chi connectivity index (χ0v) is 14.9. The molecule has 3 heterocycles. The third-order valence-corrected chi connectivity index (χ3v) is 5.06. The van der Waals surface area contributed by atoms with E-state index in [2.05, 4.69) is 15.3 Å². The third-order valence-electron chi connectivity index (χ3n) is 4.11. The van der Waals surface area contributed by atoms with Crippen LogP contribution in [0.15, 0.2) is 66.4 Å². The van der Waals surface area contributed by atoms with E-state index in [0.717, 1.165) is 27.2 Å². The average molecular weight is 360 g/mol. The predicted molar refractivity (Wildman–Crippen MR) is 103 cm³/mol. The number of fused-ring (bicyclic) bond motifs is 1. The van der Waals surface area contributed by atoms with Crippen LogP contribution in [-0.4, -0.2) is 20.9 Å². The van der Waals surface area contributed by atoms with Crippen LogP contribution >= 0.6 is 11.3 Å². The molecule has 1 aromatic carbocycles. The Bertz CT molecular complexity index is 1050. The summed E-state index contributed by atoms with van der Waals surface area (Å²) in [7, 11) is 0. The van der Waals surface area contributed by atoms with Crippen molar-refractivity contribution in [1.82, 2.24) is 20.3 Å². The number of hydrogen-bond donors (Lipinski definition) is 1. The van der Waals surface area contributed by atoms with Gasteiger partial charge in [-0.3, -0.25) is 9.78 Å². The molecule has 0 spiro atoms. The number of carbonyl (C=O) groups excluding carboxylic acids is 1. The van der Waals surface area contributed by atoms with E-state index in [0.29, 0.717) is 5.56 Å². The summed E-state index contributed by atoms with van der Waals surface area (Å²) in [5.41, 5.74) is 3.06. The highest BCUT2D eigenvalue weighted by atomic mass is 32.1. The number of rotatable bonds is 4. The zero-order chi connectivity index (χ0) is 17.9. The minimum Gasteiger partial charge on any atom is -0.343 e. The van der Waals surface area contributed by atoms with E-state index in [1.807, 2.05) is 54.8 Å². The molecule has 1 atom stereocenters. The first kappa shape index (κ1) is 16.4. The van der Waals surface area contributed by atoms with Crippen LogP contribution in [0.3, 0.4) is 0 Å². The average Bonchev–Trinajstić information content (AvgIpc) is 3.23. The highest BCUT2D eigenvalue weighted by Gasteiger charge is 2.17. The maximum absolute atomic E-state index is 13.0. The van der Waals surface area contributed by atoms with E-state index in [9.17, 15) is 4.79 Å². The monoisotopic (exact) mass is 360 g/mol. The number of nitrogens with zero attached hydrogens (tertiary/aromatic N) is 3. The normalized spacial score (nSPS) is 12.0. The molecule has 4 aromatic rings. The topological polar surface area (TPSA) is 67.8 Å². The van der Waals surface area contributed by atoms with E-state index in [1.165, 1.54) is 11.3 Å². The van der Waals surface area contributed by atoms with Crippen molar-refractivity contribution in [3.05, 3.63) is 77.0 Å². The van der Waals surface area contributed by atoms with Gasteiger partial charge in [0.1, 0.15) is 5.01 Å². The van der Waals surface area contributed by atoms with E-state index in [-0.39, 0.29) is 11.9 Å². The molecule has 0 radical (unpaired) electrons. The largest absolute Gasteiger partial charge is 0.343 e. The summed E-state index contributed by atoms with van der Waals surface area (Å²) in [6.07, 6.45) is 5.18. The Kier molecular flexibility index (Phi) is 4.41. The van der Waals surface area contributed by atoms with Gasteiger partial charge in [-0.2, -0.15) is 0 Å². The maximum atomic E-state index is 13.0. The molecular formula is C20H16N4OS. The molecule has 0 aliphatic rings. The highest BCUT2D eigenvalue weighted by Crippen LogP contribution is 2.25. The number of para-hydroxylation sites is 1. The quantitative estimate of drug-likeness (QED) is 0.591. The number of nitrogens with one attached hydrogen (secondary N) is 1. The fraction of sp³-hybridized carbons (Fsp3) is 0.100. The lowest BCUT2D eigenvalue weighted by molar-refractivity contribution is 0.0941. The summed E-state index contributed by atoms with van der Waals surface area (Å²) < 4.78 is 0. The number of thiazole rings is 1. The number of hydrogen-bond acceptors (Lipinski definition) is 5. The number of pyridine rings is 2. The molecule has 128 valence electrons. The lowest BCUT2D eigenvalue weighted by Crippen LogP contribution is -2.26. The minimum atomic E-state index is -0.154. The van der Waals surface area contributed by atoms with Crippen LogP contribution in [-0.2, 0) is 0 Å². The van der Waals surface area contributed by atoms with Crippen molar-refractivity contribution in [3.63, 3.8) is 0 Å². The lowest BCUT2D eigenvalue weighted by Gasteiger charge is -2.14. The summed E-state index contributed by atoms with van der Waals surface area (Å²) in [6, 6.07) is 13.1. The van der Waals surface area contributed by atoms with Gasteiger partial charge in [-0.15, -0.1) is 11.3 Å². The predicted octanol–water partition coefficient (Wildman–Crippen LogP) is 4.24. The zero-order valence-electron chi connectivity index (χ0n) is 14.1. The van der Waals surface area contributed by atoms with Gasteiger partial charge in [0, 0.05) is 34.9 Å². The van der Waals surface area contributed by atoms with E-state index in [4.69, 9.17) is 4.98 Å². The molecule has 1 amide bonds. The lowest BCUT2D eigenvalue weighted by atomic mass is 10.0. The molecule has 0 unspecified atom stereocenters. The van der Waals surface area contributed by atoms with Crippen LogP contribution < -0.4 is 5.32 Å². The first-order chi connectivity index (χ1) is 12.7. The second-order valence-electron chi connectivity index (χ2n) is 5.87. The third kappa shape index (κ3) is 3.19. The molecule has 0 aliphatic carbocycles. The van der Waals surface area contributed by atoms with Gasteiger partial charge < -0.3 is 5.32 Å².